The lowest BCUT2D eigenvalue weighted by Gasteiger charge is -2.08. The molecular formula is C15H13FN4O. The highest BCUT2D eigenvalue weighted by Gasteiger charge is 2.13. The standard InChI is InChI=1S/C15H13FN4O/c1-2-18-10-6-7-19-14(8-10)15(21)20-13-5-3-4-12(16)11(13)9-17/h3-8H,2H2,1H3,(H,18,19)(H,20,21). The van der Waals surface area contributed by atoms with Crippen molar-refractivity contribution in [3.8, 4) is 6.07 Å². The highest BCUT2D eigenvalue weighted by molar-refractivity contribution is 6.04. The molecule has 0 atom stereocenters. The minimum atomic E-state index is -0.676. The summed E-state index contributed by atoms with van der Waals surface area (Å²) in [5.74, 6) is -1.18. The van der Waals surface area contributed by atoms with E-state index in [2.05, 4.69) is 15.6 Å². The molecule has 2 N–H and O–H groups in total. The van der Waals surface area contributed by atoms with Crippen molar-refractivity contribution >= 4 is 17.3 Å². The van der Waals surface area contributed by atoms with Gasteiger partial charge in [-0.15, -0.1) is 0 Å². The van der Waals surface area contributed by atoms with Gasteiger partial charge in [-0.25, -0.2) is 4.39 Å². The Labute approximate surface area is 121 Å². The molecule has 0 saturated heterocycles. The molecular weight excluding hydrogens is 271 g/mol. The topological polar surface area (TPSA) is 77.8 Å². The number of hydrogen-bond acceptors (Lipinski definition) is 4. The van der Waals surface area contributed by atoms with Crippen molar-refractivity contribution < 1.29 is 9.18 Å². The minimum absolute atomic E-state index is 0.123. The maximum Gasteiger partial charge on any atom is 0.274 e. The second-order valence-electron chi connectivity index (χ2n) is 4.19. The third kappa shape index (κ3) is 3.34. The zero-order chi connectivity index (χ0) is 15.2. The Balaban J connectivity index is 2.25. The van der Waals surface area contributed by atoms with Gasteiger partial charge in [0.05, 0.1) is 5.69 Å². The minimum Gasteiger partial charge on any atom is -0.385 e. The van der Waals surface area contributed by atoms with Crippen molar-refractivity contribution in [1.82, 2.24) is 4.98 Å². The Hall–Kier alpha value is -2.94. The highest BCUT2D eigenvalue weighted by Crippen LogP contribution is 2.18. The first-order valence-corrected chi connectivity index (χ1v) is 6.35. The van der Waals surface area contributed by atoms with Crippen LogP contribution < -0.4 is 10.6 Å². The zero-order valence-electron chi connectivity index (χ0n) is 11.4. The van der Waals surface area contributed by atoms with Crippen LogP contribution in [0.5, 0.6) is 0 Å². The van der Waals surface area contributed by atoms with Gasteiger partial charge in [0.15, 0.2) is 0 Å². The van der Waals surface area contributed by atoms with E-state index in [0.717, 1.165) is 11.8 Å². The van der Waals surface area contributed by atoms with Gasteiger partial charge in [0.1, 0.15) is 23.1 Å². The summed E-state index contributed by atoms with van der Waals surface area (Å²) in [4.78, 5) is 16.1. The van der Waals surface area contributed by atoms with Crippen molar-refractivity contribution in [2.24, 2.45) is 0 Å². The first-order chi connectivity index (χ1) is 10.2. The number of aromatic nitrogens is 1. The summed E-state index contributed by atoms with van der Waals surface area (Å²) in [6, 6.07) is 9.11. The van der Waals surface area contributed by atoms with E-state index in [9.17, 15) is 9.18 Å². The molecule has 0 aliphatic rings. The first kappa shape index (κ1) is 14.5. The van der Waals surface area contributed by atoms with E-state index in [0.29, 0.717) is 6.54 Å². The van der Waals surface area contributed by atoms with Crippen LogP contribution in [0.2, 0.25) is 0 Å². The number of amides is 1. The van der Waals surface area contributed by atoms with Crippen molar-refractivity contribution in [3.05, 3.63) is 53.6 Å². The second kappa shape index (κ2) is 6.48. The number of hydrogen-bond donors (Lipinski definition) is 2. The molecule has 0 fully saturated rings. The monoisotopic (exact) mass is 284 g/mol. The third-order valence-electron chi connectivity index (χ3n) is 2.75. The third-order valence-corrected chi connectivity index (χ3v) is 2.75. The van der Waals surface area contributed by atoms with E-state index in [-0.39, 0.29) is 16.9 Å². The van der Waals surface area contributed by atoms with Crippen molar-refractivity contribution in [1.29, 1.82) is 5.26 Å². The Morgan fingerprint density at radius 2 is 2.24 bits per heavy atom. The van der Waals surface area contributed by atoms with E-state index >= 15 is 0 Å². The molecule has 0 aliphatic heterocycles. The molecule has 1 heterocycles. The maximum atomic E-state index is 13.5. The molecule has 1 aromatic heterocycles. The van der Waals surface area contributed by atoms with Crippen LogP contribution in [0.25, 0.3) is 0 Å². The fourth-order valence-corrected chi connectivity index (χ4v) is 1.80. The molecule has 5 nitrogen and oxygen atoms in total. The van der Waals surface area contributed by atoms with Gasteiger partial charge >= 0.3 is 0 Å². The molecule has 0 aliphatic carbocycles. The van der Waals surface area contributed by atoms with Crippen LogP contribution in [0.1, 0.15) is 23.0 Å². The number of nitrogens with one attached hydrogen (secondary N) is 2. The van der Waals surface area contributed by atoms with Crippen LogP contribution in [-0.2, 0) is 0 Å². The molecule has 2 aromatic rings. The average Bonchev–Trinajstić information content (AvgIpc) is 2.48. The fourth-order valence-electron chi connectivity index (χ4n) is 1.80. The molecule has 21 heavy (non-hydrogen) atoms. The van der Waals surface area contributed by atoms with Gasteiger partial charge in [-0.2, -0.15) is 5.26 Å². The van der Waals surface area contributed by atoms with Crippen LogP contribution in [0.3, 0.4) is 0 Å². The Kier molecular flexibility index (Phi) is 4.46. The van der Waals surface area contributed by atoms with Gasteiger partial charge in [0.25, 0.3) is 5.91 Å². The Bertz CT molecular complexity index is 709. The fraction of sp³-hybridized carbons (Fsp3) is 0.133. The molecule has 106 valence electrons. The maximum absolute atomic E-state index is 13.5. The van der Waals surface area contributed by atoms with Crippen LogP contribution >= 0.6 is 0 Å². The highest BCUT2D eigenvalue weighted by atomic mass is 19.1. The lowest BCUT2D eigenvalue weighted by atomic mass is 10.1. The first-order valence-electron chi connectivity index (χ1n) is 6.35. The summed E-state index contributed by atoms with van der Waals surface area (Å²) in [6.45, 7) is 2.65. The predicted molar refractivity (Wildman–Crippen MR) is 77.5 cm³/mol. The largest absolute Gasteiger partial charge is 0.385 e. The summed E-state index contributed by atoms with van der Waals surface area (Å²) in [6.07, 6.45) is 1.50. The van der Waals surface area contributed by atoms with Gasteiger partial charge in [-0.1, -0.05) is 6.07 Å². The van der Waals surface area contributed by atoms with Crippen LogP contribution in [0.15, 0.2) is 36.5 Å². The van der Waals surface area contributed by atoms with Gasteiger partial charge in [0.2, 0.25) is 0 Å². The van der Waals surface area contributed by atoms with Crippen LogP contribution in [-0.4, -0.2) is 17.4 Å². The van der Waals surface area contributed by atoms with E-state index in [1.807, 2.05) is 6.92 Å². The molecule has 2 rings (SSSR count). The quantitative estimate of drug-likeness (QED) is 0.905. The summed E-state index contributed by atoms with van der Waals surface area (Å²) < 4.78 is 13.5. The predicted octanol–water partition coefficient (Wildman–Crippen LogP) is 2.78. The number of carbonyl (C=O) groups is 1. The molecule has 1 aromatic carbocycles. The summed E-state index contributed by atoms with van der Waals surface area (Å²) in [7, 11) is 0. The molecule has 1 amide bonds. The number of pyridine rings is 1. The number of benzene rings is 1. The van der Waals surface area contributed by atoms with E-state index in [4.69, 9.17) is 5.26 Å². The molecule has 0 saturated carbocycles. The lowest BCUT2D eigenvalue weighted by Crippen LogP contribution is -2.15. The van der Waals surface area contributed by atoms with Gasteiger partial charge < -0.3 is 10.6 Å². The molecule has 0 spiro atoms. The van der Waals surface area contributed by atoms with Gasteiger partial charge in [-0.05, 0) is 31.2 Å². The average molecular weight is 284 g/mol. The van der Waals surface area contributed by atoms with E-state index in [1.165, 1.54) is 18.3 Å². The SMILES string of the molecule is CCNc1ccnc(C(=O)Nc2cccc(F)c2C#N)c1. The number of nitrogens with zero attached hydrogens (tertiary/aromatic N) is 2. The number of carbonyl (C=O) groups excluding carboxylic acids is 1. The molecule has 0 bridgehead atoms. The second-order valence-corrected chi connectivity index (χ2v) is 4.19. The summed E-state index contributed by atoms with van der Waals surface area (Å²) in [5.41, 5.74) is 0.867. The number of anilines is 2. The van der Waals surface area contributed by atoms with Crippen molar-refractivity contribution in [2.75, 3.05) is 17.2 Å². The Morgan fingerprint density at radius 3 is 2.95 bits per heavy atom. The molecule has 6 heteroatoms. The normalized spacial score (nSPS) is 9.76. The molecule has 0 unspecified atom stereocenters. The Morgan fingerprint density at radius 1 is 1.43 bits per heavy atom. The van der Waals surface area contributed by atoms with Crippen LogP contribution in [0, 0.1) is 17.1 Å². The van der Waals surface area contributed by atoms with Crippen LogP contribution in [0.4, 0.5) is 15.8 Å². The molecule has 0 radical (unpaired) electrons. The van der Waals surface area contributed by atoms with Crippen molar-refractivity contribution in [2.45, 2.75) is 6.92 Å². The summed E-state index contributed by atoms with van der Waals surface area (Å²) >= 11 is 0. The lowest BCUT2D eigenvalue weighted by molar-refractivity contribution is 0.102. The van der Waals surface area contributed by atoms with Crippen molar-refractivity contribution in [3.63, 3.8) is 0 Å². The van der Waals surface area contributed by atoms with Gasteiger partial charge in [-0.3, -0.25) is 9.78 Å². The number of rotatable bonds is 4. The smallest absolute Gasteiger partial charge is 0.274 e. The summed E-state index contributed by atoms with van der Waals surface area (Å²) in [5, 5.41) is 14.5. The number of halogens is 1. The van der Waals surface area contributed by atoms with E-state index < -0.39 is 11.7 Å². The van der Waals surface area contributed by atoms with E-state index in [1.54, 1.807) is 18.2 Å². The van der Waals surface area contributed by atoms with Gasteiger partial charge in [0, 0.05) is 18.4 Å². The number of nitriles is 1. The zero-order valence-corrected chi connectivity index (χ0v) is 11.4.